The molecule has 1 aromatic heterocycles. The number of aryl methyl sites for hydroxylation is 1. The van der Waals surface area contributed by atoms with Crippen molar-refractivity contribution in [2.75, 3.05) is 6.54 Å². The highest BCUT2D eigenvalue weighted by Gasteiger charge is 2.23. The Morgan fingerprint density at radius 2 is 2.16 bits per heavy atom. The lowest BCUT2D eigenvalue weighted by Gasteiger charge is -2.25. The molecule has 1 aliphatic heterocycles. The number of nitrogens with one attached hydrogen (secondary N) is 2. The van der Waals surface area contributed by atoms with Crippen molar-refractivity contribution in [3.63, 3.8) is 0 Å². The number of rotatable bonds is 7. The molecule has 3 rings (SSSR count). The van der Waals surface area contributed by atoms with E-state index in [1.54, 1.807) is 6.07 Å². The van der Waals surface area contributed by atoms with Crippen LogP contribution in [0.4, 0.5) is 8.78 Å². The number of fused-ring (bicyclic) bond motifs is 1. The van der Waals surface area contributed by atoms with Gasteiger partial charge in [-0.25, -0.2) is 14.7 Å². The normalized spacial score (nSPS) is 16.1. The molecule has 2 aromatic rings. The summed E-state index contributed by atoms with van der Waals surface area (Å²) in [7, 11) is 0. The Balaban J connectivity index is 0.00000341. The lowest BCUT2D eigenvalue weighted by atomic mass is 10.1. The van der Waals surface area contributed by atoms with E-state index in [0.717, 1.165) is 24.5 Å². The van der Waals surface area contributed by atoms with Crippen LogP contribution in [0, 0.1) is 0 Å². The average Bonchev–Trinajstić information content (AvgIpc) is 3.11. The smallest absolute Gasteiger partial charge is 0.387 e. The van der Waals surface area contributed by atoms with Gasteiger partial charge in [0, 0.05) is 35.5 Å². The van der Waals surface area contributed by atoms with Crippen molar-refractivity contribution >= 4 is 41.5 Å². The maximum atomic E-state index is 12.7. The maximum Gasteiger partial charge on any atom is 0.387 e. The van der Waals surface area contributed by atoms with Crippen molar-refractivity contribution in [3.05, 3.63) is 40.4 Å². The fourth-order valence-corrected chi connectivity index (χ4v) is 3.45. The van der Waals surface area contributed by atoms with Crippen LogP contribution in [0.1, 0.15) is 50.3 Å². The van der Waals surface area contributed by atoms with E-state index < -0.39 is 6.61 Å². The Morgan fingerprint density at radius 3 is 2.84 bits per heavy atom. The molecule has 1 unspecified atom stereocenters. The van der Waals surface area contributed by atoms with Crippen LogP contribution in [0.15, 0.2) is 23.2 Å². The Bertz CT molecular complexity index is 893. The Hall–Kier alpha value is -1.69. The van der Waals surface area contributed by atoms with Crippen LogP contribution in [0.2, 0.25) is 5.02 Å². The summed E-state index contributed by atoms with van der Waals surface area (Å²) < 4.78 is 31.9. The van der Waals surface area contributed by atoms with Crippen LogP contribution < -0.4 is 15.4 Å². The molecule has 0 aliphatic carbocycles. The zero-order valence-electron chi connectivity index (χ0n) is 17.7. The SMILES string of the molecule is CCNC(=NCc1cc(Cl)ccc1OC(F)F)NC1CCc2nc(C(C)C)nn2C1.I. The molecule has 0 saturated carbocycles. The monoisotopic (exact) mass is 568 g/mol. The van der Waals surface area contributed by atoms with E-state index in [9.17, 15) is 8.78 Å². The molecule has 1 aromatic carbocycles. The number of aliphatic imine (C=N–C) groups is 1. The number of benzene rings is 1. The van der Waals surface area contributed by atoms with Gasteiger partial charge >= 0.3 is 6.61 Å². The summed E-state index contributed by atoms with van der Waals surface area (Å²) in [4.78, 5) is 9.15. The second kappa shape index (κ2) is 11.8. The van der Waals surface area contributed by atoms with Gasteiger partial charge in [0.15, 0.2) is 11.8 Å². The first-order valence-corrected chi connectivity index (χ1v) is 10.4. The van der Waals surface area contributed by atoms with Gasteiger partial charge in [0.1, 0.15) is 11.6 Å². The molecule has 172 valence electrons. The first-order valence-electron chi connectivity index (χ1n) is 10.1. The number of aromatic nitrogens is 3. The highest BCUT2D eigenvalue weighted by atomic mass is 127. The van der Waals surface area contributed by atoms with Gasteiger partial charge in [-0.05, 0) is 31.5 Å². The highest BCUT2D eigenvalue weighted by molar-refractivity contribution is 14.0. The number of halogens is 4. The third kappa shape index (κ3) is 7.16. The maximum absolute atomic E-state index is 12.7. The van der Waals surface area contributed by atoms with Crippen LogP contribution in [0.3, 0.4) is 0 Å². The van der Waals surface area contributed by atoms with E-state index >= 15 is 0 Å². The van der Waals surface area contributed by atoms with Gasteiger partial charge in [-0.15, -0.1) is 24.0 Å². The van der Waals surface area contributed by atoms with Crippen molar-refractivity contribution in [3.8, 4) is 5.75 Å². The summed E-state index contributed by atoms with van der Waals surface area (Å²) in [5.74, 6) is 2.82. The quantitative estimate of drug-likeness (QED) is 0.295. The van der Waals surface area contributed by atoms with Gasteiger partial charge in [0.25, 0.3) is 0 Å². The van der Waals surface area contributed by atoms with Crippen LogP contribution in [0.25, 0.3) is 0 Å². The summed E-state index contributed by atoms with van der Waals surface area (Å²) in [6.45, 7) is 4.72. The van der Waals surface area contributed by atoms with Gasteiger partial charge in [-0.2, -0.15) is 13.9 Å². The van der Waals surface area contributed by atoms with E-state index in [0.29, 0.717) is 29.6 Å². The van der Waals surface area contributed by atoms with Gasteiger partial charge in [-0.3, -0.25) is 0 Å². The predicted octanol–water partition coefficient (Wildman–Crippen LogP) is 4.34. The summed E-state index contributed by atoms with van der Waals surface area (Å²) >= 11 is 6.02. The molecular formula is C20H28ClF2IN6O. The summed E-state index contributed by atoms with van der Waals surface area (Å²) in [6, 6.07) is 4.66. The number of alkyl halides is 2. The van der Waals surface area contributed by atoms with Gasteiger partial charge in [0.2, 0.25) is 0 Å². The summed E-state index contributed by atoms with van der Waals surface area (Å²) in [5.41, 5.74) is 0.490. The number of hydrogen-bond acceptors (Lipinski definition) is 4. The van der Waals surface area contributed by atoms with E-state index in [2.05, 4.69) is 44.3 Å². The Kier molecular flexibility index (Phi) is 9.73. The molecule has 1 atom stereocenters. The molecular weight excluding hydrogens is 541 g/mol. The Labute approximate surface area is 203 Å². The van der Waals surface area contributed by atoms with E-state index in [1.807, 2.05) is 11.6 Å². The van der Waals surface area contributed by atoms with E-state index in [-0.39, 0.29) is 48.2 Å². The zero-order chi connectivity index (χ0) is 21.7. The van der Waals surface area contributed by atoms with E-state index in [1.165, 1.54) is 12.1 Å². The number of guanidine groups is 1. The zero-order valence-corrected chi connectivity index (χ0v) is 20.8. The molecule has 2 N–H and O–H groups in total. The highest BCUT2D eigenvalue weighted by Crippen LogP contribution is 2.25. The molecule has 0 radical (unpaired) electrons. The second-order valence-corrected chi connectivity index (χ2v) is 7.87. The molecule has 0 bridgehead atoms. The van der Waals surface area contributed by atoms with Gasteiger partial charge in [0.05, 0.1) is 13.1 Å². The van der Waals surface area contributed by atoms with Crippen LogP contribution in [-0.4, -0.2) is 39.9 Å². The molecule has 0 fully saturated rings. The van der Waals surface area contributed by atoms with Crippen molar-refractivity contribution < 1.29 is 13.5 Å². The molecule has 31 heavy (non-hydrogen) atoms. The predicted molar refractivity (Wildman–Crippen MR) is 128 cm³/mol. The first-order chi connectivity index (χ1) is 14.4. The van der Waals surface area contributed by atoms with E-state index in [4.69, 9.17) is 11.6 Å². The fraction of sp³-hybridized carbons (Fsp3) is 0.550. The second-order valence-electron chi connectivity index (χ2n) is 7.43. The lowest BCUT2D eigenvalue weighted by molar-refractivity contribution is -0.0504. The standard InChI is InChI=1S/C20H27ClF2N6O.HI/c1-4-24-20(25-10-13-9-14(21)5-7-16(13)30-19(22)23)26-15-6-8-17-27-18(12(2)3)28-29(17)11-15;/h5,7,9,12,15,19H,4,6,8,10-11H2,1-3H3,(H2,24,25,26);1H. The van der Waals surface area contributed by atoms with Crippen LogP contribution in [0.5, 0.6) is 5.75 Å². The van der Waals surface area contributed by atoms with Crippen molar-refractivity contribution in [2.45, 2.75) is 65.3 Å². The van der Waals surface area contributed by atoms with Crippen molar-refractivity contribution in [2.24, 2.45) is 4.99 Å². The molecule has 11 heteroatoms. The minimum absolute atomic E-state index is 0. The lowest BCUT2D eigenvalue weighted by Crippen LogP contribution is -2.47. The topological polar surface area (TPSA) is 76.4 Å². The van der Waals surface area contributed by atoms with Crippen molar-refractivity contribution in [1.82, 2.24) is 25.4 Å². The largest absolute Gasteiger partial charge is 0.434 e. The number of hydrogen-bond donors (Lipinski definition) is 2. The van der Waals surface area contributed by atoms with Crippen LogP contribution in [-0.2, 0) is 19.5 Å². The van der Waals surface area contributed by atoms with Crippen LogP contribution >= 0.6 is 35.6 Å². The van der Waals surface area contributed by atoms with Gasteiger partial charge in [-0.1, -0.05) is 25.4 Å². The third-order valence-electron chi connectivity index (χ3n) is 4.72. The molecule has 1 aliphatic rings. The van der Waals surface area contributed by atoms with Gasteiger partial charge < -0.3 is 15.4 Å². The number of nitrogens with zero attached hydrogens (tertiary/aromatic N) is 4. The molecule has 7 nitrogen and oxygen atoms in total. The summed E-state index contributed by atoms with van der Waals surface area (Å²) in [5, 5.41) is 11.6. The minimum Gasteiger partial charge on any atom is -0.434 e. The average molecular weight is 569 g/mol. The molecule has 0 saturated heterocycles. The fourth-order valence-electron chi connectivity index (χ4n) is 3.25. The molecule has 0 amide bonds. The molecule has 0 spiro atoms. The summed E-state index contributed by atoms with van der Waals surface area (Å²) in [6.07, 6.45) is 1.73. The number of ether oxygens (including phenoxy) is 1. The molecule has 2 heterocycles. The first kappa shape index (κ1) is 25.6. The van der Waals surface area contributed by atoms with Crippen molar-refractivity contribution in [1.29, 1.82) is 0 Å². The minimum atomic E-state index is -2.91. The third-order valence-corrected chi connectivity index (χ3v) is 4.96. The Morgan fingerprint density at radius 1 is 1.39 bits per heavy atom.